The third-order valence-electron chi connectivity index (χ3n) is 3.26. The lowest BCUT2D eigenvalue weighted by molar-refractivity contribution is 0.0939. The van der Waals surface area contributed by atoms with E-state index in [2.05, 4.69) is 15.6 Å². The molecule has 6 heteroatoms. The molecule has 0 aliphatic carbocycles. The number of hydrogen-bond donors (Lipinski definition) is 2. The Morgan fingerprint density at radius 3 is 2.64 bits per heavy atom. The zero-order valence-corrected chi connectivity index (χ0v) is 12.6. The Kier molecular flexibility index (Phi) is 5.30. The normalized spacial score (nSPS) is 11.7. The molecule has 2 aromatic rings. The molecular formula is C16H19N3O3. The molecule has 1 atom stereocenters. The van der Waals surface area contributed by atoms with E-state index in [4.69, 9.17) is 4.42 Å². The summed E-state index contributed by atoms with van der Waals surface area (Å²) in [6.07, 6.45) is 5.25. The summed E-state index contributed by atoms with van der Waals surface area (Å²) in [4.78, 5) is 28.1. The largest absolute Gasteiger partial charge is 0.467 e. The van der Waals surface area contributed by atoms with Crippen molar-refractivity contribution in [1.29, 1.82) is 0 Å². The molecule has 2 N–H and O–H groups in total. The van der Waals surface area contributed by atoms with Crippen LogP contribution in [0, 0.1) is 0 Å². The molecule has 6 nitrogen and oxygen atoms in total. The van der Waals surface area contributed by atoms with Crippen LogP contribution >= 0.6 is 0 Å². The van der Waals surface area contributed by atoms with Gasteiger partial charge < -0.3 is 15.1 Å². The lowest BCUT2D eigenvalue weighted by Crippen LogP contribution is -2.32. The maximum absolute atomic E-state index is 12.1. The van der Waals surface area contributed by atoms with E-state index >= 15 is 0 Å². The molecule has 2 amide bonds. The number of hydrogen-bond acceptors (Lipinski definition) is 4. The summed E-state index contributed by atoms with van der Waals surface area (Å²) in [5.74, 6) is 0.122. The first-order chi connectivity index (χ1) is 10.6. The maximum atomic E-state index is 12.1. The van der Waals surface area contributed by atoms with Crippen LogP contribution < -0.4 is 10.6 Å². The Hall–Kier alpha value is -2.63. The second-order valence-electron chi connectivity index (χ2n) is 5.01. The molecule has 2 heterocycles. The van der Waals surface area contributed by atoms with Gasteiger partial charge in [0, 0.05) is 18.4 Å². The molecule has 22 heavy (non-hydrogen) atoms. The zero-order chi connectivity index (χ0) is 15.9. The molecule has 0 saturated carbocycles. The number of aromatic nitrogens is 1. The molecule has 0 fully saturated rings. The predicted octanol–water partition coefficient (Wildman–Crippen LogP) is 2.13. The van der Waals surface area contributed by atoms with Crippen molar-refractivity contribution in [1.82, 2.24) is 15.6 Å². The predicted molar refractivity (Wildman–Crippen MR) is 81.3 cm³/mol. The summed E-state index contributed by atoms with van der Waals surface area (Å²) in [5.41, 5.74) is 0.703. The van der Waals surface area contributed by atoms with Gasteiger partial charge in [-0.05, 0) is 31.5 Å². The second kappa shape index (κ2) is 7.40. The number of rotatable bonds is 6. The van der Waals surface area contributed by atoms with Crippen molar-refractivity contribution in [3.63, 3.8) is 0 Å². The highest BCUT2D eigenvalue weighted by Crippen LogP contribution is 2.05. The molecule has 2 aromatic heterocycles. The fraction of sp³-hybridized carbons (Fsp3) is 0.312. The van der Waals surface area contributed by atoms with Crippen LogP contribution in [0.15, 0.2) is 41.3 Å². The first-order valence-corrected chi connectivity index (χ1v) is 7.16. The van der Waals surface area contributed by atoms with Gasteiger partial charge in [-0.1, -0.05) is 6.92 Å². The summed E-state index contributed by atoms with van der Waals surface area (Å²) in [5, 5.41) is 5.56. The number of nitrogens with zero attached hydrogens (tertiary/aromatic N) is 1. The van der Waals surface area contributed by atoms with Crippen LogP contribution in [0.4, 0.5) is 0 Å². The SMILES string of the molecule is CCC(C)NC(=O)c1cncc(C(=O)NCc2ccco2)c1. The number of carbonyl (C=O) groups is 2. The molecule has 116 valence electrons. The van der Waals surface area contributed by atoms with Crippen LogP contribution in [-0.4, -0.2) is 22.8 Å². The van der Waals surface area contributed by atoms with E-state index in [0.717, 1.165) is 6.42 Å². The van der Waals surface area contributed by atoms with Gasteiger partial charge >= 0.3 is 0 Å². The van der Waals surface area contributed by atoms with Crippen molar-refractivity contribution in [2.45, 2.75) is 32.9 Å². The summed E-state index contributed by atoms with van der Waals surface area (Å²) in [7, 11) is 0. The lowest BCUT2D eigenvalue weighted by atomic mass is 10.1. The average molecular weight is 301 g/mol. The van der Waals surface area contributed by atoms with E-state index in [0.29, 0.717) is 16.9 Å². The summed E-state index contributed by atoms with van der Waals surface area (Å²) >= 11 is 0. The molecule has 0 radical (unpaired) electrons. The Labute approximate surface area is 128 Å². The molecular weight excluding hydrogens is 282 g/mol. The topological polar surface area (TPSA) is 84.2 Å². The van der Waals surface area contributed by atoms with Crippen LogP contribution in [0.3, 0.4) is 0 Å². The fourth-order valence-corrected chi connectivity index (χ4v) is 1.78. The van der Waals surface area contributed by atoms with E-state index < -0.39 is 0 Å². The third kappa shape index (κ3) is 4.18. The number of amides is 2. The van der Waals surface area contributed by atoms with E-state index in [1.165, 1.54) is 18.5 Å². The molecule has 0 saturated heterocycles. The number of furan rings is 1. The van der Waals surface area contributed by atoms with Gasteiger partial charge in [0.25, 0.3) is 11.8 Å². The fourth-order valence-electron chi connectivity index (χ4n) is 1.78. The molecule has 0 aliphatic heterocycles. The summed E-state index contributed by atoms with van der Waals surface area (Å²) < 4.78 is 5.14. The smallest absolute Gasteiger partial charge is 0.253 e. The highest BCUT2D eigenvalue weighted by Gasteiger charge is 2.13. The van der Waals surface area contributed by atoms with Crippen molar-refractivity contribution in [2.75, 3.05) is 0 Å². The minimum Gasteiger partial charge on any atom is -0.467 e. The van der Waals surface area contributed by atoms with Crippen LogP contribution in [0.5, 0.6) is 0 Å². The number of nitrogens with one attached hydrogen (secondary N) is 2. The van der Waals surface area contributed by atoms with E-state index in [-0.39, 0.29) is 24.4 Å². The third-order valence-corrected chi connectivity index (χ3v) is 3.26. The highest BCUT2D eigenvalue weighted by atomic mass is 16.3. The lowest BCUT2D eigenvalue weighted by Gasteiger charge is -2.11. The standard InChI is InChI=1S/C16H19N3O3/c1-3-11(2)19-16(21)13-7-12(8-17-9-13)15(20)18-10-14-5-4-6-22-14/h4-9,11H,3,10H2,1-2H3,(H,18,20)(H,19,21). The number of pyridine rings is 1. The van der Waals surface area contributed by atoms with Gasteiger partial charge in [-0.25, -0.2) is 0 Å². The maximum Gasteiger partial charge on any atom is 0.253 e. The molecule has 0 aromatic carbocycles. The molecule has 0 bridgehead atoms. The molecule has 0 aliphatic rings. The van der Waals surface area contributed by atoms with Gasteiger partial charge in [-0.15, -0.1) is 0 Å². The summed E-state index contributed by atoms with van der Waals surface area (Å²) in [6, 6.07) is 5.13. The zero-order valence-electron chi connectivity index (χ0n) is 12.6. The van der Waals surface area contributed by atoms with E-state index in [1.807, 2.05) is 13.8 Å². The highest BCUT2D eigenvalue weighted by molar-refractivity contribution is 5.99. The Morgan fingerprint density at radius 1 is 1.27 bits per heavy atom. The van der Waals surface area contributed by atoms with Crippen LogP contribution in [0.2, 0.25) is 0 Å². The summed E-state index contributed by atoms with van der Waals surface area (Å²) in [6.45, 7) is 4.20. The van der Waals surface area contributed by atoms with E-state index in [9.17, 15) is 9.59 Å². The monoisotopic (exact) mass is 301 g/mol. The first-order valence-electron chi connectivity index (χ1n) is 7.16. The van der Waals surface area contributed by atoms with Gasteiger partial charge in [-0.3, -0.25) is 14.6 Å². The molecule has 0 spiro atoms. The van der Waals surface area contributed by atoms with Crippen LogP contribution in [0.1, 0.15) is 46.7 Å². The van der Waals surface area contributed by atoms with Crippen molar-refractivity contribution >= 4 is 11.8 Å². The molecule has 2 rings (SSSR count). The first kappa shape index (κ1) is 15.8. The number of carbonyl (C=O) groups excluding carboxylic acids is 2. The van der Waals surface area contributed by atoms with E-state index in [1.54, 1.807) is 18.4 Å². The van der Waals surface area contributed by atoms with Crippen molar-refractivity contribution in [2.24, 2.45) is 0 Å². The molecule has 1 unspecified atom stereocenters. The van der Waals surface area contributed by atoms with Gasteiger partial charge in [-0.2, -0.15) is 0 Å². The van der Waals surface area contributed by atoms with Crippen molar-refractivity contribution in [3.05, 3.63) is 53.7 Å². The Balaban J connectivity index is 2.01. The average Bonchev–Trinajstić information content (AvgIpc) is 3.06. The van der Waals surface area contributed by atoms with Crippen molar-refractivity contribution in [3.8, 4) is 0 Å². The quantitative estimate of drug-likeness (QED) is 0.856. The van der Waals surface area contributed by atoms with Gasteiger partial charge in [0.15, 0.2) is 0 Å². The minimum atomic E-state index is -0.304. The second-order valence-corrected chi connectivity index (χ2v) is 5.01. The van der Waals surface area contributed by atoms with Crippen molar-refractivity contribution < 1.29 is 14.0 Å². The van der Waals surface area contributed by atoms with Crippen LogP contribution in [0.25, 0.3) is 0 Å². The Morgan fingerprint density at radius 2 is 2.00 bits per heavy atom. The van der Waals surface area contributed by atoms with Gasteiger partial charge in [0.05, 0.1) is 23.9 Å². The van der Waals surface area contributed by atoms with Crippen LogP contribution in [-0.2, 0) is 6.54 Å². The Bertz CT molecular complexity index is 638. The van der Waals surface area contributed by atoms with Gasteiger partial charge in [0.1, 0.15) is 5.76 Å². The van der Waals surface area contributed by atoms with Gasteiger partial charge in [0.2, 0.25) is 0 Å². The minimum absolute atomic E-state index is 0.0731.